The van der Waals surface area contributed by atoms with Crippen molar-refractivity contribution in [3.05, 3.63) is 34.3 Å². The highest BCUT2D eigenvalue weighted by Crippen LogP contribution is 2.31. The first-order valence-electron chi connectivity index (χ1n) is 8.81. The van der Waals surface area contributed by atoms with Crippen molar-refractivity contribution in [1.82, 2.24) is 14.5 Å². The van der Waals surface area contributed by atoms with E-state index in [1.807, 2.05) is 4.90 Å². The lowest BCUT2D eigenvalue weighted by Crippen LogP contribution is -2.45. The lowest BCUT2D eigenvalue weighted by Gasteiger charge is -2.37. The zero-order valence-corrected chi connectivity index (χ0v) is 15.3. The fourth-order valence-electron chi connectivity index (χ4n) is 3.56. The normalized spacial score (nSPS) is 19.7. The lowest BCUT2D eigenvalue weighted by atomic mass is 9.97. The van der Waals surface area contributed by atoms with E-state index in [9.17, 15) is 9.59 Å². The molecule has 7 nitrogen and oxygen atoms in total. The van der Waals surface area contributed by atoms with Crippen LogP contribution in [-0.4, -0.2) is 45.5 Å². The van der Waals surface area contributed by atoms with Gasteiger partial charge in [0.15, 0.2) is 0 Å². The highest BCUT2D eigenvalue weighted by molar-refractivity contribution is 7.08. The number of amides is 2. The average Bonchev–Trinajstić information content (AvgIpc) is 3.07. The van der Waals surface area contributed by atoms with Gasteiger partial charge in [-0.3, -0.25) is 9.59 Å². The monoisotopic (exact) mass is 372 g/mol. The number of hydrogen-bond donors (Lipinski definition) is 1. The number of nitrogens with zero attached hydrogens (tertiary/aromatic N) is 3. The number of aromatic nitrogens is 2. The van der Waals surface area contributed by atoms with Crippen LogP contribution in [-0.2, 0) is 0 Å². The molecule has 136 valence electrons. The predicted molar refractivity (Wildman–Crippen MR) is 97.8 cm³/mol. The molecule has 1 aromatic carbocycles. The van der Waals surface area contributed by atoms with Gasteiger partial charge in [0.25, 0.3) is 11.8 Å². The van der Waals surface area contributed by atoms with Crippen LogP contribution in [0.1, 0.15) is 51.4 Å². The van der Waals surface area contributed by atoms with Crippen LogP contribution in [0.4, 0.5) is 5.69 Å². The van der Waals surface area contributed by atoms with Gasteiger partial charge in [0, 0.05) is 24.7 Å². The van der Waals surface area contributed by atoms with Crippen molar-refractivity contribution in [3.63, 3.8) is 0 Å². The molecule has 0 saturated carbocycles. The third-order valence-electron chi connectivity index (χ3n) is 4.92. The van der Waals surface area contributed by atoms with E-state index in [4.69, 9.17) is 4.74 Å². The Bertz CT molecular complexity index is 851. The largest absolute Gasteiger partial charge is 0.493 e. The Morgan fingerprint density at radius 3 is 3.04 bits per heavy atom. The first-order valence-corrected chi connectivity index (χ1v) is 9.59. The smallest absolute Gasteiger partial charge is 0.269 e. The van der Waals surface area contributed by atoms with Crippen LogP contribution in [0, 0.1) is 6.92 Å². The number of ether oxygens (including phenoxy) is 1. The quantitative estimate of drug-likeness (QED) is 0.876. The summed E-state index contributed by atoms with van der Waals surface area (Å²) in [6, 6.07) is 5.46. The second-order valence-electron chi connectivity index (χ2n) is 6.64. The molecule has 1 atom stereocenters. The second kappa shape index (κ2) is 7.03. The van der Waals surface area contributed by atoms with E-state index in [1.54, 1.807) is 25.1 Å². The summed E-state index contributed by atoms with van der Waals surface area (Å²) in [6.07, 6.45) is 4.08. The minimum atomic E-state index is -0.271. The van der Waals surface area contributed by atoms with Gasteiger partial charge in [0.1, 0.15) is 10.6 Å². The maximum absolute atomic E-state index is 13.1. The molecule has 2 amide bonds. The third-order valence-corrected chi connectivity index (χ3v) is 5.75. The summed E-state index contributed by atoms with van der Waals surface area (Å²) in [7, 11) is 0. The fourth-order valence-corrected chi connectivity index (χ4v) is 4.11. The minimum Gasteiger partial charge on any atom is -0.493 e. The number of nitrogens with one attached hydrogen (secondary N) is 1. The van der Waals surface area contributed by atoms with Crippen LogP contribution in [0.25, 0.3) is 0 Å². The summed E-state index contributed by atoms with van der Waals surface area (Å²) >= 11 is 1.05. The average molecular weight is 372 g/mol. The number of benzene rings is 1. The van der Waals surface area contributed by atoms with Crippen LogP contribution in [0.2, 0.25) is 0 Å². The molecule has 3 heterocycles. The number of carbonyl (C=O) groups excluding carboxylic acids is 2. The standard InChI is InChI=1S/C18H20N4O3S/c1-11-16(26-21-20-11)17(23)19-12-5-6-15-14(10-12)18(24)22-8-3-2-4-13(22)7-9-25-15/h5-6,10,13H,2-4,7-9H2,1H3,(H,19,23)/t13-/m1/s1. The van der Waals surface area contributed by atoms with Gasteiger partial charge in [-0.25, -0.2) is 0 Å². The van der Waals surface area contributed by atoms with Crippen molar-refractivity contribution in [3.8, 4) is 5.75 Å². The molecule has 0 unspecified atom stereocenters. The molecular weight excluding hydrogens is 352 g/mol. The van der Waals surface area contributed by atoms with Gasteiger partial charge in [-0.05, 0) is 55.9 Å². The van der Waals surface area contributed by atoms with E-state index in [-0.39, 0.29) is 17.9 Å². The molecule has 1 fully saturated rings. The summed E-state index contributed by atoms with van der Waals surface area (Å²) in [6.45, 7) is 3.12. The molecule has 26 heavy (non-hydrogen) atoms. The van der Waals surface area contributed by atoms with Crippen LogP contribution >= 0.6 is 11.5 Å². The molecular formula is C18H20N4O3S. The van der Waals surface area contributed by atoms with Crippen molar-refractivity contribution in [1.29, 1.82) is 0 Å². The molecule has 1 saturated heterocycles. The third kappa shape index (κ3) is 3.16. The maximum atomic E-state index is 13.1. The van der Waals surface area contributed by atoms with Crippen molar-refractivity contribution in [2.75, 3.05) is 18.5 Å². The molecule has 8 heteroatoms. The molecule has 1 aromatic heterocycles. The van der Waals surface area contributed by atoms with E-state index in [0.29, 0.717) is 34.2 Å². The van der Waals surface area contributed by atoms with Crippen molar-refractivity contribution in [2.45, 2.75) is 38.6 Å². The van der Waals surface area contributed by atoms with E-state index >= 15 is 0 Å². The Morgan fingerprint density at radius 2 is 2.23 bits per heavy atom. The molecule has 1 N–H and O–H groups in total. The minimum absolute atomic E-state index is 0.0175. The van der Waals surface area contributed by atoms with Gasteiger partial charge < -0.3 is 15.0 Å². The van der Waals surface area contributed by atoms with E-state index in [1.165, 1.54) is 0 Å². The molecule has 0 bridgehead atoms. The molecule has 2 aliphatic heterocycles. The van der Waals surface area contributed by atoms with Gasteiger partial charge in [0.05, 0.1) is 17.9 Å². The molecule has 0 spiro atoms. The molecule has 4 rings (SSSR count). The van der Waals surface area contributed by atoms with Gasteiger partial charge in [-0.1, -0.05) is 4.49 Å². The van der Waals surface area contributed by atoms with Crippen molar-refractivity contribution < 1.29 is 14.3 Å². The van der Waals surface area contributed by atoms with Crippen LogP contribution in [0.15, 0.2) is 18.2 Å². The number of anilines is 1. The Labute approximate surface area is 155 Å². The molecule has 0 aliphatic carbocycles. The number of fused-ring (bicyclic) bond motifs is 2. The first-order chi connectivity index (χ1) is 12.6. The number of aryl methyl sites for hydroxylation is 1. The van der Waals surface area contributed by atoms with Gasteiger partial charge in [-0.15, -0.1) is 5.10 Å². The Hall–Kier alpha value is -2.48. The highest BCUT2D eigenvalue weighted by Gasteiger charge is 2.31. The predicted octanol–water partition coefficient (Wildman–Crippen LogP) is 2.88. The summed E-state index contributed by atoms with van der Waals surface area (Å²) in [5, 5.41) is 6.69. The van der Waals surface area contributed by atoms with Crippen LogP contribution < -0.4 is 10.1 Å². The number of piperidine rings is 1. The Balaban J connectivity index is 1.61. The van der Waals surface area contributed by atoms with E-state index in [2.05, 4.69) is 14.9 Å². The highest BCUT2D eigenvalue weighted by atomic mass is 32.1. The number of hydrogen-bond acceptors (Lipinski definition) is 6. The van der Waals surface area contributed by atoms with E-state index in [0.717, 1.165) is 43.8 Å². The summed E-state index contributed by atoms with van der Waals surface area (Å²) in [4.78, 5) is 27.9. The van der Waals surface area contributed by atoms with E-state index < -0.39 is 0 Å². The SMILES string of the molecule is Cc1nnsc1C(=O)Nc1ccc2c(c1)C(=O)N1CCCC[C@@H]1CCO2. The summed E-state index contributed by atoms with van der Waals surface area (Å²) < 4.78 is 9.61. The van der Waals surface area contributed by atoms with Crippen LogP contribution in [0.3, 0.4) is 0 Å². The first kappa shape index (κ1) is 17.0. The van der Waals surface area contributed by atoms with Gasteiger partial charge in [0.2, 0.25) is 0 Å². The zero-order valence-electron chi connectivity index (χ0n) is 14.5. The number of rotatable bonds is 2. The molecule has 0 radical (unpaired) electrons. The van der Waals surface area contributed by atoms with Gasteiger partial charge >= 0.3 is 0 Å². The topological polar surface area (TPSA) is 84.4 Å². The Kier molecular flexibility index (Phi) is 4.58. The zero-order chi connectivity index (χ0) is 18.1. The maximum Gasteiger partial charge on any atom is 0.269 e. The summed E-state index contributed by atoms with van der Waals surface area (Å²) in [5.74, 6) is 0.288. The van der Waals surface area contributed by atoms with Crippen molar-refractivity contribution >= 4 is 29.0 Å². The summed E-state index contributed by atoms with van der Waals surface area (Å²) in [5.41, 5.74) is 1.66. The lowest BCUT2D eigenvalue weighted by molar-refractivity contribution is 0.0548. The van der Waals surface area contributed by atoms with Crippen LogP contribution in [0.5, 0.6) is 5.75 Å². The fraction of sp³-hybridized carbons (Fsp3) is 0.444. The number of carbonyl (C=O) groups is 2. The molecule has 2 aromatic rings. The second-order valence-corrected chi connectivity index (χ2v) is 7.39. The molecule has 2 aliphatic rings. The van der Waals surface area contributed by atoms with Crippen molar-refractivity contribution in [2.24, 2.45) is 0 Å². The Morgan fingerprint density at radius 1 is 1.35 bits per heavy atom. The van der Waals surface area contributed by atoms with Gasteiger partial charge in [-0.2, -0.15) is 0 Å².